The molecular weight excluding hydrogens is 338 g/mol. The van der Waals surface area contributed by atoms with Crippen LogP contribution in [0.4, 0.5) is 0 Å². The van der Waals surface area contributed by atoms with Crippen molar-refractivity contribution in [3.8, 4) is 5.75 Å². The van der Waals surface area contributed by atoms with Crippen molar-refractivity contribution in [3.63, 3.8) is 0 Å². The standard InChI is InChI=1S/C21H27N5O/c1-25-12-4-7-18(25)21(24)26-13-14(8-11-20(26)23)27-19-10-9-17(22)15-5-2-3-6-16(15)19/h2-3,5-6,8,11,13,17-19,23-24H,4,7,9-10,12,22H2,1H3/t17-,18?,19?/m0/s1. The Hall–Kier alpha value is -2.44. The molecule has 1 aliphatic heterocycles. The van der Waals surface area contributed by atoms with Gasteiger partial charge in [-0.1, -0.05) is 24.3 Å². The van der Waals surface area contributed by atoms with Gasteiger partial charge in [-0.15, -0.1) is 0 Å². The molecule has 6 nitrogen and oxygen atoms in total. The first kappa shape index (κ1) is 17.9. The number of aromatic nitrogens is 1. The summed E-state index contributed by atoms with van der Waals surface area (Å²) in [5.41, 5.74) is 8.85. The predicted octanol–water partition coefficient (Wildman–Crippen LogP) is 2.80. The van der Waals surface area contributed by atoms with Crippen LogP contribution in [0.3, 0.4) is 0 Å². The minimum Gasteiger partial charge on any atom is -0.484 e. The second kappa shape index (κ2) is 7.29. The van der Waals surface area contributed by atoms with Crippen molar-refractivity contribution in [1.82, 2.24) is 9.47 Å². The molecule has 4 rings (SSSR count). The molecule has 27 heavy (non-hydrogen) atoms. The summed E-state index contributed by atoms with van der Waals surface area (Å²) in [5.74, 6) is 1.13. The zero-order chi connectivity index (χ0) is 19.0. The molecule has 3 atom stereocenters. The number of likely N-dealkylation sites (tertiary alicyclic amines) is 1. The van der Waals surface area contributed by atoms with E-state index in [2.05, 4.69) is 17.0 Å². The second-order valence-electron chi connectivity index (χ2n) is 7.56. The molecule has 6 heteroatoms. The molecule has 2 heterocycles. The summed E-state index contributed by atoms with van der Waals surface area (Å²) < 4.78 is 7.94. The zero-order valence-electron chi connectivity index (χ0n) is 15.7. The Kier molecular flexibility index (Phi) is 4.85. The van der Waals surface area contributed by atoms with E-state index >= 15 is 0 Å². The lowest BCUT2D eigenvalue weighted by Crippen LogP contribution is -2.40. The van der Waals surface area contributed by atoms with Crippen LogP contribution in [0.5, 0.6) is 5.75 Å². The third kappa shape index (κ3) is 3.42. The monoisotopic (exact) mass is 365 g/mol. The van der Waals surface area contributed by atoms with Gasteiger partial charge in [0.15, 0.2) is 0 Å². The van der Waals surface area contributed by atoms with Gasteiger partial charge in [0.05, 0.1) is 12.2 Å². The second-order valence-corrected chi connectivity index (χ2v) is 7.56. The summed E-state index contributed by atoms with van der Waals surface area (Å²) >= 11 is 0. The van der Waals surface area contributed by atoms with Crippen LogP contribution in [-0.2, 0) is 0 Å². The normalized spacial score (nSPS) is 25.2. The minimum atomic E-state index is -0.0469. The van der Waals surface area contributed by atoms with Crippen molar-refractivity contribution in [1.29, 1.82) is 10.8 Å². The molecule has 2 unspecified atom stereocenters. The van der Waals surface area contributed by atoms with Gasteiger partial charge < -0.3 is 10.5 Å². The topological polar surface area (TPSA) is 91.1 Å². The Morgan fingerprint density at radius 2 is 1.89 bits per heavy atom. The number of pyridine rings is 1. The summed E-state index contributed by atoms with van der Waals surface area (Å²) in [6.45, 7) is 0.996. The van der Waals surface area contributed by atoms with Gasteiger partial charge in [0.2, 0.25) is 0 Å². The number of rotatable bonds is 3. The minimum absolute atomic E-state index is 0.0469. The van der Waals surface area contributed by atoms with E-state index in [1.165, 1.54) is 0 Å². The number of benzene rings is 1. The predicted molar refractivity (Wildman–Crippen MR) is 105 cm³/mol. The summed E-state index contributed by atoms with van der Waals surface area (Å²) in [6, 6.07) is 11.8. The van der Waals surface area contributed by atoms with E-state index in [1.807, 2.05) is 25.2 Å². The fraction of sp³-hybridized carbons (Fsp3) is 0.429. The molecule has 1 fully saturated rings. The van der Waals surface area contributed by atoms with E-state index in [9.17, 15) is 0 Å². The lowest BCUT2D eigenvalue weighted by Gasteiger charge is -2.30. The van der Waals surface area contributed by atoms with Crippen molar-refractivity contribution < 1.29 is 4.74 Å². The van der Waals surface area contributed by atoms with Gasteiger partial charge in [-0.05, 0) is 62.5 Å². The highest BCUT2D eigenvalue weighted by Crippen LogP contribution is 2.37. The molecule has 1 aromatic carbocycles. The summed E-state index contributed by atoms with van der Waals surface area (Å²) in [4.78, 5) is 2.18. The number of nitrogens with two attached hydrogens (primary N) is 1. The zero-order valence-corrected chi connectivity index (χ0v) is 15.7. The van der Waals surface area contributed by atoms with E-state index in [-0.39, 0.29) is 18.2 Å². The molecule has 142 valence electrons. The number of hydrogen-bond acceptors (Lipinski definition) is 5. The lowest BCUT2D eigenvalue weighted by atomic mass is 9.86. The smallest absolute Gasteiger partial charge is 0.137 e. The average molecular weight is 365 g/mol. The SMILES string of the molecule is CN1CCCC1C(=N)n1cc(OC2CC[C@H](N)c3ccccc32)ccc1=N. The fourth-order valence-corrected chi connectivity index (χ4v) is 4.24. The first-order valence-electron chi connectivity index (χ1n) is 9.62. The van der Waals surface area contributed by atoms with Crippen molar-refractivity contribution in [3.05, 3.63) is 59.2 Å². The molecular formula is C21H27N5O. The van der Waals surface area contributed by atoms with Crippen molar-refractivity contribution in [2.45, 2.75) is 43.9 Å². The van der Waals surface area contributed by atoms with Crippen LogP contribution in [0.25, 0.3) is 0 Å². The first-order valence-corrected chi connectivity index (χ1v) is 9.62. The highest BCUT2D eigenvalue weighted by Gasteiger charge is 2.28. The molecule has 1 aromatic heterocycles. The largest absolute Gasteiger partial charge is 0.484 e. The Morgan fingerprint density at radius 1 is 1.11 bits per heavy atom. The maximum atomic E-state index is 8.59. The maximum absolute atomic E-state index is 8.59. The lowest BCUT2D eigenvalue weighted by molar-refractivity contribution is 0.176. The number of fused-ring (bicyclic) bond motifs is 1. The molecule has 0 amide bonds. The fourth-order valence-electron chi connectivity index (χ4n) is 4.24. The molecule has 1 aliphatic carbocycles. The van der Waals surface area contributed by atoms with Gasteiger partial charge in [0.1, 0.15) is 23.2 Å². The molecule has 2 aromatic rings. The van der Waals surface area contributed by atoms with Crippen LogP contribution >= 0.6 is 0 Å². The van der Waals surface area contributed by atoms with Gasteiger partial charge in [0, 0.05) is 6.04 Å². The van der Waals surface area contributed by atoms with E-state index < -0.39 is 0 Å². The van der Waals surface area contributed by atoms with E-state index in [0.29, 0.717) is 17.1 Å². The Balaban J connectivity index is 1.60. The van der Waals surface area contributed by atoms with Crippen LogP contribution < -0.4 is 16.0 Å². The van der Waals surface area contributed by atoms with Crippen molar-refractivity contribution in [2.24, 2.45) is 5.73 Å². The van der Waals surface area contributed by atoms with Gasteiger partial charge in [-0.25, -0.2) is 0 Å². The number of hydrogen-bond donors (Lipinski definition) is 3. The highest BCUT2D eigenvalue weighted by atomic mass is 16.5. The van der Waals surface area contributed by atoms with E-state index in [0.717, 1.165) is 43.4 Å². The van der Waals surface area contributed by atoms with E-state index in [4.69, 9.17) is 21.3 Å². The van der Waals surface area contributed by atoms with Crippen LogP contribution in [0.2, 0.25) is 0 Å². The summed E-state index contributed by atoms with van der Waals surface area (Å²) in [7, 11) is 2.04. The quantitative estimate of drug-likeness (QED) is 0.577. The first-order chi connectivity index (χ1) is 13.0. The van der Waals surface area contributed by atoms with Crippen molar-refractivity contribution >= 4 is 5.84 Å². The molecule has 0 spiro atoms. The molecule has 0 radical (unpaired) electrons. The number of nitrogens with zero attached hydrogens (tertiary/aromatic N) is 2. The number of likely N-dealkylation sites (N-methyl/N-ethyl adjacent to an activating group) is 1. The molecule has 2 aliphatic rings. The molecule has 1 saturated heterocycles. The van der Waals surface area contributed by atoms with E-state index in [1.54, 1.807) is 16.8 Å². The van der Waals surface area contributed by atoms with Gasteiger partial charge in [-0.3, -0.25) is 20.3 Å². The third-order valence-corrected chi connectivity index (χ3v) is 5.78. The molecule has 0 saturated carbocycles. The number of ether oxygens (including phenoxy) is 1. The van der Waals surface area contributed by atoms with Crippen molar-refractivity contribution in [2.75, 3.05) is 13.6 Å². The van der Waals surface area contributed by atoms with Crippen LogP contribution in [0.1, 0.15) is 49.0 Å². The highest BCUT2D eigenvalue weighted by molar-refractivity contribution is 5.87. The van der Waals surface area contributed by atoms with Gasteiger partial charge in [0.25, 0.3) is 0 Å². The van der Waals surface area contributed by atoms with Crippen LogP contribution in [-0.4, -0.2) is 34.9 Å². The summed E-state index contributed by atoms with van der Waals surface area (Å²) in [5, 5.41) is 16.8. The van der Waals surface area contributed by atoms with Crippen LogP contribution in [0.15, 0.2) is 42.6 Å². The number of nitrogens with one attached hydrogen (secondary N) is 2. The Labute approximate surface area is 159 Å². The maximum Gasteiger partial charge on any atom is 0.137 e. The van der Waals surface area contributed by atoms with Gasteiger partial charge in [-0.2, -0.15) is 0 Å². The molecule has 0 bridgehead atoms. The van der Waals surface area contributed by atoms with Gasteiger partial charge >= 0.3 is 0 Å². The average Bonchev–Trinajstić information content (AvgIpc) is 3.11. The van der Waals surface area contributed by atoms with Crippen LogP contribution in [0, 0.1) is 10.8 Å². The Morgan fingerprint density at radius 3 is 2.63 bits per heavy atom. The molecule has 4 N–H and O–H groups in total. The Bertz CT molecular complexity index is 905. The summed E-state index contributed by atoms with van der Waals surface area (Å²) in [6.07, 6.45) is 5.54. The third-order valence-electron chi connectivity index (χ3n) is 5.78.